The monoisotopic (exact) mass is 254 g/mol. The summed E-state index contributed by atoms with van der Waals surface area (Å²) in [6.45, 7) is 4.11. The Morgan fingerprint density at radius 3 is 2.71 bits per heavy atom. The number of anilines is 2. The first kappa shape index (κ1) is 12.2. The van der Waals surface area contributed by atoms with Crippen molar-refractivity contribution < 1.29 is 9.90 Å². The Balaban J connectivity index is 2.47. The Morgan fingerprint density at radius 2 is 2.12 bits per heavy atom. The quantitative estimate of drug-likeness (QED) is 0.851. The molecule has 92 valence electrons. The topological polar surface area (TPSA) is 52.6 Å². The van der Waals surface area contributed by atoms with Gasteiger partial charge in [-0.15, -0.1) is 0 Å². The molecule has 1 atom stereocenters. The molecule has 0 radical (unpaired) electrons. The van der Waals surface area contributed by atoms with Crippen molar-refractivity contribution in [3.63, 3.8) is 0 Å². The number of fused-ring (bicyclic) bond motifs is 1. The van der Waals surface area contributed by atoms with Gasteiger partial charge >= 0.3 is 0 Å². The lowest BCUT2D eigenvalue weighted by molar-refractivity contribution is -0.123. The molecule has 0 fully saturated rings. The highest BCUT2D eigenvalue weighted by atomic mass is 35.5. The summed E-state index contributed by atoms with van der Waals surface area (Å²) in [6.07, 6.45) is -1.11. The minimum Gasteiger partial charge on any atom is -0.378 e. The zero-order valence-electron chi connectivity index (χ0n) is 9.99. The van der Waals surface area contributed by atoms with Crippen LogP contribution in [-0.4, -0.2) is 24.1 Å². The maximum absolute atomic E-state index is 11.3. The van der Waals surface area contributed by atoms with Gasteiger partial charge in [0.2, 0.25) is 0 Å². The molecule has 1 unspecified atom stereocenters. The van der Waals surface area contributed by atoms with Crippen LogP contribution in [0.25, 0.3) is 0 Å². The van der Waals surface area contributed by atoms with Crippen molar-refractivity contribution in [1.29, 1.82) is 0 Å². The number of aliphatic hydroxyl groups excluding tert-OH is 1. The molecule has 0 saturated carbocycles. The average molecular weight is 255 g/mol. The predicted molar refractivity (Wildman–Crippen MR) is 68.6 cm³/mol. The van der Waals surface area contributed by atoms with Crippen molar-refractivity contribution in [3.8, 4) is 0 Å². The molecule has 1 aliphatic heterocycles. The Kier molecular flexibility index (Phi) is 3.02. The van der Waals surface area contributed by atoms with Crippen LogP contribution in [0, 0.1) is 0 Å². The summed E-state index contributed by atoms with van der Waals surface area (Å²) < 4.78 is 0. The second-order valence-corrected chi connectivity index (χ2v) is 4.89. The molecule has 17 heavy (non-hydrogen) atoms. The van der Waals surface area contributed by atoms with Gasteiger partial charge in [-0.25, -0.2) is 0 Å². The number of hydrogen-bond donors (Lipinski definition) is 2. The van der Waals surface area contributed by atoms with Crippen LogP contribution >= 0.6 is 11.6 Å². The van der Waals surface area contributed by atoms with E-state index in [0.717, 1.165) is 5.69 Å². The first-order valence-corrected chi connectivity index (χ1v) is 5.85. The van der Waals surface area contributed by atoms with Crippen LogP contribution in [0.4, 0.5) is 11.4 Å². The van der Waals surface area contributed by atoms with E-state index in [-0.39, 0.29) is 0 Å². The Bertz CT molecular complexity index is 474. The number of carbonyl (C=O) groups excluding carboxylic acids is 1. The zero-order valence-corrected chi connectivity index (χ0v) is 10.7. The van der Waals surface area contributed by atoms with Gasteiger partial charge in [-0.1, -0.05) is 11.6 Å². The summed E-state index contributed by atoms with van der Waals surface area (Å²) in [4.78, 5) is 13.4. The van der Waals surface area contributed by atoms with E-state index in [9.17, 15) is 9.90 Å². The summed E-state index contributed by atoms with van der Waals surface area (Å²) in [7, 11) is 1.94. The highest BCUT2D eigenvalue weighted by Gasteiger charge is 2.30. The minimum absolute atomic E-state index is 0.299. The molecule has 1 aromatic carbocycles. The van der Waals surface area contributed by atoms with Crippen LogP contribution in [0.15, 0.2) is 12.1 Å². The van der Waals surface area contributed by atoms with E-state index < -0.39 is 12.0 Å². The van der Waals surface area contributed by atoms with Gasteiger partial charge in [0.25, 0.3) is 5.91 Å². The number of hydrogen-bond acceptors (Lipinski definition) is 3. The molecule has 5 heteroatoms. The van der Waals surface area contributed by atoms with E-state index in [4.69, 9.17) is 11.6 Å². The zero-order chi connectivity index (χ0) is 12.7. The van der Waals surface area contributed by atoms with Crippen LogP contribution in [0.5, 0.6) is 0 Å². The van der Waals surface area contributed by atoms with Gasteiger partial charge in [-0.05, 0) is 26.0 Å². The molecular formula is C12H15ClN2O2. The Labute approximate surface area is 105 Å². The normalized spacial score (nSPS) is 18.2. The summed E-state index contributed by atoms with van der Waals surface area (Å²) in [5.74, 6) is -0.402. The SMILES string of the molecule is CC(C)N(C)c1cc2c(cc1Cl)C(O)C(=O)N2. The Morgan fingerprint density at radius 1 is 1.47 bits per heavy atom. The molecule has 4 nitrogen and oxygen atoms in total. The number of halogens is 1. The molecule has 0 spiro atoms. The molecule has 0 saturated heterocycles. The largest absolute Gasteiger partial charge is 0.378 e. The molecule has 0 aliphatic carbocycles. The number of amides is 1. The smallest absolute Gasteiger partial charge is 0.257 e. The fourth-order valence-electron chi connectivity index (χ4n) is 1.80. The van der Waals surface area contributed by atoms with Crippen LogP contribution in [-0.2, 0) is 4.79 Å². The fourth-order valence-corrected chi connectivity index (χ4v) is 2.11. The van der Waals surface area contributed by atoms with Gasteiger partial charge < -0.3 is 15.3 Å². The molecule has 1 aromatic rings. The molecule has 2 rings (SSSR count). The molecular weight excluding hydrogens is 240 g/mol. The summed E-state index contributed by atoms with van der Waals surface area (Å²) in [5.41, 5.74) is 2.02. The van der Waals surface area contributed by atoms with Gasteiger partial charge in [-0.3, -0.25) is 4.79 Å². The van der Waals surface area contributed by atoms with E-state index in [1.807, 2.05) is 11.9 Å². The van der Waals surface area contributed by atoms with Gasteiger partial charge in [-0.2, -0.15) is 0 Å². The van der Waals surface area contributed by atoms with Crippen molar-refractivity contribution in [2.24, 2.45) is 0 Å². The third-order valence-electron chi connectivity index (χ3n) is 3.07. The van der Waals surface area contributed by atoms with Gasteiger partial charge in [0.1, 0.15) is 0 Å². The van der Waals surface area contributed by atoms with Crippen LogP contribution in [0.1, 0.15) is 25.5 Å². The number of rotatable bonds is 2. The standard InChI is InChI=1S/C12H15ClN2O2/c1-6(2)15(3)10-5-9-7(4-8(10)13)11(16)12(17)14-9/h4-6,11,16H,1-3H3,(H,14,17). The molecule has 1 aliphatic rings. The number of benzene rings is 1. The predicted octanol–water partition coefficient (Wildman–Crippen LogP) is 2.17. The number of nitrogens with one attached hydrogen (secondary N) is 1. The molecule has 2 N–H and O–H groups in total. The van der Waals surface area contributed by atoms with Crippen molar-refractivity contribution in [3.05, 3.63) is 22.7 Å². The average Bonchev–Trinajstić information content (AvgIpc) is 2.53. The summed E-state index contributed by atoms with van der Waals surface area (Å²) in [5, 5.41) is 12.8. The van der Waals surface area contributed by atoms with Crippen molar-refractivity contribution in [2.75, 3.05) is 17.3 Å². The van der Waals surface area contributed by atoms with Gasteiger partial charge in [0.05, 0.1) is 10.7 Å². The second kappa shape index (κ2) is 4.20. The lowest BCUT2D eigenvalue weighted by atomic mass is 10.1. The molecule has 1 amide bonds. The highest BCUT2D eigenvalue weighted by molar-refractivity contribution is 6.33. The third-order valence-corrected chi connectivity index (χ3v) is 3.38. The molecule has 1 heterocycles. The van der Waals surface area contributed by atoms with E-state index in [2.05, 4.69) is 19.2 Å². The summed E-state index contributed by atoms with van der Waals surface area (Å²) in [6, 6.07) is 3.74. The lowest BCUT2D eigenvalue weighted by Gasteiger charge is -2.25. The van der Waals surface area contributed by atoms with E-state index >= 15 is 0 Å². The van der Waals surface area contributed by atoms with Crippen molar-refractivity contribution in [2.45, 2.75) is 26.0 Å². The van der Waals surface area contributed by atoms with E-state index in [1.165, 1.54) is 0 Å². The lowest BCUT2D eigenvalue weighted by Crippen LogP contribution is -2.25. The first-order chi connectivity index (χ1) is 7.91. The van der Waals surface area contributed by atoms with Gasteiger partial charge in [0.15, 0.2) is 6.10 Å². The number of carbonyl (C=O) groups is 1. The van der Waals surface area contributed by atoms with E-state index in [1.54, 1.807) is 12.1 Å². The second-order valence-electron chi connectivity index (χ2n) is 4.49. The fraction of sp³-hybridized carbons (Fsp3) is 0.417. The van der Waals surface area contributed by atoms with Crippen LogP contribution in [0.2, 0.25) is 5.02 Å². The minimum atomic E-state index is -1.11. The third kappa shape index (κ3) is 1.98. The van der Waals surface area contributed by atoms with Crippen LogP contribution in [0.3, 0.4) is 0 Å². The summed E-state index contributed by atoms with van der Waals surface area (Å²) >= 11 is 6.17. The highest BCUT2D eigenvalue weighted by Crippen LogP contribution is 2.38. The van der Waals surface area contributed by atoms with Crippen LogP contribution < -0.4 is 10.2 Å². The molecule has 0 aromatic heterocycles. The van der Waals surface area contributed by atoms with Crippen molar-refractivity contribution in [1.82, 2.24) is 0 Å². The first-order valence-electron chi connectivity index (χ1n) is 5.47. The Hall–Kier alpha value is -1.26. The maximum atomic E-state index is 11.3. The maximum Gasteiger partial charge on any atom is 0.257 e. The van der Waals surface area contributed by atoms with Gasteiger partial charge in [0, 0.05) is 24.3 Å². The number of nitrogens with zero attached hydrogens (tertiary/aromatic N) is 1. The van der Waals surface area contributed by atoms with E-state index in [0.29, 0.717) is 22.3 Å². The number of aliphatic hydroxyl groups is 1. The molecule has 0 bridgehead atoms. The van der Waals surface area contributed by atoms with Crippen molar-refractivity contribution >= 4 is 28.9 Å².